The van der Waals surface area contributed by atoms with Gasteiger partial charge < -0.3 is 4.74 Å². The van der Waals surface area contributed by atoms with Crippen molar-refractivity contribution in [2.75, 3.05) is 7.11 Å². The van der Waals surface area contributed by atoms with Crippen LogP contribution in [0.5, 0.6) is 5.75 Å². The maximum Gasteiger partial charge on any atom is 0.332 e. The minimum Gasteiger partial charge on any atom is -0.496 e. The summed E-state index contributed by atoms with van der Waals surface area (Å²) in [7, 11) is 4.52. The molecule has 3 rings (SSSR count). The number of benzene rings is 1. The Bertz CT molecular complexity index is 1110. The Labute approximate surface area is 150 Å². The van der Waals surface area contributed by atoms with E-state index in [-0.39, 0.29) is 12.1 Å². The molecule has 3 aromatic rings. The van der Waals surface area contributed by atoms with Gasteiger partial charge in [-0.25, -0.2) is 9.78 Å². The third-order valence-electron chi connectivity index (χ3n) is 4.06. The predicted octanol–water partition coefficient (Wildman–Crippen LogP) is 1.07. The average molecular weight is 407 g/mol. The zero-order chi connectivity index (χ0) is 18.3. The molecule has 0 spiro atoms. The molecular formula is C16H15BrN4O4. The molecule has 9 heteroatoms. The lowest BCUT2D eigenvalue weighted by Crippen LogP contribution is -2.37. The van der Waals surface area contributed by atoms with E-state index in [9.17, 15) is 14.4 Å². The lowest BCUT2D eigenvalue weighted by atomic mass is 10.1. The van der Waals surface area contributed by atoms with Gasteiger partial charge in [0.25, 0.3) is 5.56 Å². The monoisotopic (exact) mass is 406 g/mol. The maximum atomic E-state index is 12.3. The number of aryl methyl sites for hydroxylation is 1. The van der Waals surface area contributed by atoms with Crippen molar-refractivity contribution in [1.29, 1.82) is 0 Å². The smallest absolute Gasteiger partial charge is 0.332 e. The predicted molar refractivity (Wildman–Crippen MR) is 95.4 cm³/mol. The van der Waals surface area contributed by atoms with Crippen molar-refractivity contribution in [2.24, 2.45) is 14.1 Å². The number of methoxy groups -OCH3 is 1. The number of carbonyl (C=O) groups is 1. The van der Waals surface area contributed by atoms with E-state index in [2.05, 4.69) is 20.9 Å². The molecule has 1 aromatic carbocycles. The van der Waals surface area contributed by atoms with Crippen LogP contribution in [0.4, 0.5) is 0 Å². The number of aromatic nitrogens is 4. The number of ether oxygens (including phenoxy) is 1. The first-order chi connectivity index (χ1) is 11.9. The Kier molecular flexibility index (Phi) is 4.34. The van der Waals surface area contributed by atoms with Gasteiger partial charge in [0, 0.05) is 25.2 Å². The Balaban J connectivity index is 2.28. The van der Waals surface area contributed by atoms with Crippen LogP contribution in [-0.2, 0) is 20.6 Å². The van der Waals surface area contributed by atoms with Crippen molar-refractivity contribution < 1.29 is 9.53 Å². The highest BCUT2D eigenvalue weighted by molar-refractivity contribution is 9.10. The highest BCUT2D eigenvalue weighted by atomic mass is 79.9. The van der Waals surface area contributed by atoms with Gasteiger partial charge in [-0.05, 0) is 34.1 Å². The van der Waals surface area contributed by atoms with Gasteiger partial charge in [0.15, 0.2) is 15.9 Å². The molecule has 8 nitrogen and oxygen atoms in total. The van der Waals surface area contributed by atoms with Crippen LogP contribution < -0.4 is 16.0 Å². The van der Waals surface area contributed by atoms with Gasteiger partial charge in [-0.1, -0.05) is 0 Å². The first-order valence-electron chi connectivity index (χ1n) is 7.33. The van der Waals surface area contributed by atoms with Gasteiger partial charge in [0.1, 0.15) is 12.0 Å². The summed E-state index contributed by atoms with van der Waals surface area (Å²) in [4.78, 5) is 39.9. The zero-order valence-corrected chi connectivity index (χ0v) is 15.4. The van der Waals surface area contributed by atoms with E-state index in [4.69, 9.17) is 4.74 Å². The first kappa shape index (κ1) is 17.2. The van der Waals surface area contributed by atoms with E-state index < -0.39 is 11.2 Å². The molecule has 25 heavy (non-hydrogen) atoms. The van der Waals surface area contributed by atoms with Crippen LogP contribution in [0.1, 0.15) is 15.9 Å². The van der Waals surface area contributed by atoms with E-state index in [1.54, 1.807) is 29.8 Å². The van der Waals surface area contributed by atoms with Crippen LogP contribution in [0.25, 0.3) is 11.2 Å². The van der Waals surface area contributed by atoms with Crippen LogP contribution in [0.15, 0.2) is 32.5 Å². The largest absolute Gasteiger partial charge is 0.496 e. The maximum absolute atomic E-state index is 12.3. The molecule has 2 heterocycles. The summed E-state index contributed by atoms with van der Waals surface area (Å²) in [5, 5.41) is 0. The highest BCUT2D eigenvalue weighted by Gasteiger charge is 2.19. The summed E-state index contributed by atoms with van der Waals surface area (Å²) in [6.45, 7) is 0.266. The zero-order valence-electron chi connectivity index (χ0n) is 13.8. The number of imidazole rings is 1. The van der Waals surface area contributed by atoms with E-state index in [0.717, 1.165) is 16.4 Å². The summed E-state index contributed by atoms with van der Waals surface area (Å²) in [6.07, 6.45) is 0.746. The van der Waals surface area contributed by atoms with E-state index in [0.29, 0.717) is 21.7 Å². The molecule has 0 unspecified atom stereocenters. The molecule has 0 aliphatic heterocycles. The van der Waals surface area contributed by atoms with Crippen molar-refractivity contribution in [2.45, 2.75) is 6.54 Å². The fourth-order valence-electron chi connectivity index (χ4n) is 2.77. The number of halogens is 1. The topological polar surface area (TPSA) is 88.1 Å². The molecule has 2 aromatic heterocycles. The van der Waals surface area contributed by atoms with E-state index in [1.165, 1.54) is 18.7 Å². The van der Waals surface area contributed by atoms with Gasteiger partial charge in [0.05, 0.1) is 13.7 Å². The van der Waals surface area contributed by atoms with Crippen LogP contribution in [0.3, 0.4) is 0 Å². The molecule has 0 amide bonds. The van der Waals surface area contributed by atoms with Crippen molar-refractivity contribution in [3.8, 4) is 5.75 Å². The average Bonchev–Trinajstić information content (AvgIpc) is 2.94. The molecule has 0 radical (unpaired) electrons. The molecule has 0 saturated carbocycles. The molecule has 130 valence electrons. The fraction of sp³-hybridized carbons (Fsp3) is 0.250. The number of nitrogens with zero attached hydrogens (tertiary/aromatic N) is 4. The van der Waals surface area contributed by atoms with Gasteiger partial charge in [0.2, 0.25) is 0 Å². The molecule has 0 aliphatic rings. The first-order valence-corrected chi connectivity index (χ1v) is 8.12. The highest BCUT2D eigenvalue weighted by Crippen LogP contribution is 2.24. The van der Waals surface area contributed by atoms with E-state index in [1.807, 2.05) is 0 Å². The molecule has 0 atom stereocenters. The summed E-state index contributed by atoms with van der Waals surface area (Å²) in [5.41, 5.74) is 0.882. The number of carbonyl (C=O) groups excluding carboxylic acids is 1. The third-order valence-corrected chi connectivity index (χ3v) is 4.67. The van der Waals surface area contributed by atoms with Crippen molar-refractivity contribution >= 4 is 33.4 Å². The summed E-state index contributed by atoms with van der Waals surface area (Å²) >= 11 is 3.34. The standard InChI is InChI=1S/C16H15BrN4O4/c1-19-13-12(14(23)20(2)16(19)24)18-15(17)21(13)7-10-6-9(8-22)4-5-11(10)25-3/h4-6,8H,7H2,1-3H3. The summed E-state index contributed by atoms with van der Waals surface area (Å²) < 4.78 is 9.81. The SMILES string of the molecule is COc1ccc(C=O)cc1Cn1c(Br)nc2c(=O)n(C)c(=O)n(C)c21. The minimum absolute atomic E-state index is 0.182. The minimum atomic E-state index is -0.467. The Morgan fingerprint density at radius 3 is 2.60 bits per heavy atom. The molecule has 0 fully saturated rings. The second kappa shape index (κ2) is 6.32. The Hall–Kier alpha value is -2.68. The number of hydrogen-bond acceptors (Lipinski definition) is 5. The summed E-state index contributed by atoms with van der Waals surface area (Å²) in [5.74, 6) is 0.591. The number of rotatable bonds is 4. The Morgan fingerprint density at radius 1 is 1.24 bits per heavy atom. The quantitative estimate of drug-likeness (QED) is 0.477. The number of aldehydes is 1. The lowest BCUT2D eigenvalue weighted by Gasteiger charge is -2.13. The van der Waals surface area contributed by atoms with Crippen LogP contribution in [-0.4, -0.2) is 32.1 Å². The van der Waals surface area contributed by atoms with Gasteiger partial charge >= 0.3 is 5.69 Å². The number of hydrogen-bond donors (Lipinski definition) is 0. The molecule has 0 saturated heterocycles. The van der Waals surface area contributed by atoms with Crippen LogP contribution in [0.2, 0.25) is 0 Å². The molecule has 0 N–H and O–H groups in total. The third kappa shape index (κ3) is 2.70. The molecule has 0 aliphatic carbocycles. The van der Waals surface area contributed by atoms with Crippen LogP contribution in [0, 0.1) is 0 Å². The normalized spacial score (nSPS) is 11.0. The van der Waals surface area contributed by atoms with Crippen molar-refractivity contribution in [3.05, 3.63) is 54.9 Å². The van der Waals surface area contributed by atoms with Gasteiger partial charge in [-0.3, -0.25) is 23.3 Å². The Morgan fingerprint density at radius 2 is 1.96 bits per heavy atom. The second-order valence-electron chi connectivity index (χ2n) is 5.53. The van der Waals surface area contributed by atoms with Crippen molar-refractivity contribution in [1.82, 2.24) is 18.7 Å². The fourth-order valence-corrected chi connectivity index (χ4v) is 3.24. The van der Waals surface area contributed by atoms with E-state index >= 15 is 0 Å². The lowest BCUT2D eigenvalue weighted by molar-refractivity contribution is 0.112. The van der Waals surface area contributed by atoms with Crippen LogP contribution >= 0.6 is 15.9 Å². The van der Waals surface area contributed by atoms with Crippen molar-refractivity contribution in [3.63, 3.8) is 0 Å². The molecule has 0 bridgehead atoms. The second-order valence-corrected chi connectivity index (χ2v) is 6.24. The van der Waals surface area contributed by atoms with Gasteiger partial charge in [-0.15, -0.1) is 0 Å². The van der Waals surface area contributed by atoms with Gasteiger partial charge in [-0.2, -0.15) is 0 Å². The number of fused-ring (bicyclic) bond motifs is 1. The summed E-state index contributed by atoms with van der Waals surface area (Å²) in [6, 6.07) is 5.05. The molecular weight excluding hydrogens is 392 g/mol.